The Morgan fingerprint density at radius 2 is 1.94 bits per heavy atom. The van der Waals surface area contributed by atoms with Gasteiger partial charge >= 0.3 is 0 Å². The van der Waals surface area contributed by atoms with Gasteiger partial charge in [0.05, 0.1) is 11.8 Å². The van der Waals surface area contributed by atoms with Crippen LogP contribution in [0.4, 0.5) is 5.82 Å². The van der Waals surface area contributed by atoms with E-state index in [2.05, 4.69) is 21.2 Å². The van der Waals surface area contributed by atoms with E-state index in [4.69, 9.17) is 0 Å². The van der Waals surface area contributed by atoms with Gasteiger partial charge in [-0.3, -0.25) is 0 Å². The van der Waals surface area contributed by atoms with Crippen molar-refractivity contribution in [3.63, 3.8) is 0 Å². The van der Waals surface area contributed by atoms with Gasteiger partial charge in [-0.05, 0) is 19.8 Å². The molecule has 1 aromatic heterocycles. The second-order valence-corrected chi connectivity index (χ2v) is 5.24. The number of fused-ring (bicyclic) bond motifs is 1. The molecule has 0 bridgehead atoms. The summed E-state index contributed by atoms with van der Waals surface area (Å²) in [4.78, 5) is 2.22. The summed E-state index contributed by atoms with van der Waals surface area (Å²) in [6.07, 6.45) is 3.34. The van der Waals surface area contributed by atoms with Gasteiger partial charge in [-0.25, -0.2) is 0 Å². The highest BCUT2D eigenvalue weighted by atomic mass is 16.3. The highest BCUT2D eigenvalue weighted by Gasteiger charge is 2.28. The zero-order valence-electron chi connectivity index (χ0n) is 10.5. The third-order valence-electron chi connectivity index (χ3n) is 3.69. The van der Waals surface area contributed by atoms with Crippen LogP contribution in [0.25, 0.3) is 10.8 Å². The monoisotopic (exact) mass is 243 g/mol. The molecule has 4 nitrogen and oxygen atoms in total. The molecule has 1 aliphatic heterocycles. The topological polar surface area (TPSA) is 49.2 Å². The molecule has 18 heavy (non-hydrogen) atoms. The Balaban J connectivity index is 1.96. The second kappa shape index (κ2) is 4.21. The third kappa shape index (κ3) is 2.04. The van der Waals surface area contributed by atoms with Crippen molar-refractivity contribution < 1.29 is 5.11 Å². The molecule has 94 valence electrons. The average molecular weight is 243 g/mol. The van der Waals surface area contributed by atoms with Crippen molar-refractivity contribution in [3.8, 4) is 0 Å². The Labute approximate surface area is 106 Å². The standard InChI is InChI=1S/C14H17N3O/c1-14(18)6-8-17(9-7-14)13-12-5-3-2-4-11(12)10-15-16-13/h2-5,10,18H,6-9H2,1H3. The highest BCUT2D eigenvalue weighted by molar-refractivity contribution is 5.91. The second-order valence-electron chi connectivity index (χ2n) is 5.24. The van der Waals surface area contributed by atoms with Crippen molar-refractivity contribution >= 4 is 16.6 Å². The first-order chi connectivity index (χ1) is 8.66. The van der Waals surface area contributed by atoms with Crippen LogP contribution in [0, 0.1) is 0 Å². The quantitative estimate of drug-likeness (QED) is 0.832. The van der Waals surface area contributed by atoms with Gasteiger partial charge in [0.1, 0.15) is 0 Å². The Morgan fingerprint density at radius 1 is 1.22 bits per heavy atom. The van der Waals surface area contributed by atoms with Crippen molar-refractivity contribution in [2.75, 3.05) is 18.0 Å². The molecule has 0 aliphatic carbocycles. The fraction of sp³-hybridized carbons (Fsp3) is 0.429. The van der Waals surface area contributed by atoms with Crippen molar-refractivity contribution in [1.82, 2.24) is 10.2 Å². The van der Waals surface area contributed by atoms with E-state index < -0.39 is 5.60 Å². The lowest BCUT2D eigenvalue weighted by Gasteiger charge is -2.36. The van der Waals surface area contributed by atoms with E-state index in [9.17, 15) is 5.11 Å². The number of hydrogen-bond donors (Lipinski definition) is 1. The summed E-state index contributed by atoms with van der Waals surface area (Å²) >= 11 is 0. The van der Waals surface area contributed by atoms with Crippen LogP contribution in [-0.2, 0) is 0 Å². The van der Waals surface area contributed by atoms with Crippen LogP contribution >= 0.6 is 0 Å². The summed E-state index contributed by atoms with van der Waals surface area (Å²) in [6.45, 7) is 3.56. The summed E-state index contributed by atoms with van der Waals surface area (Å²) in [5.41, 5.74) is -0.533. The number of piperidine rings is 1. The molecule has 0 spiro atoms. The minimum Gasteiger partial charge on any atom is -0.390 e. The molecule has 1 N–H and O–H groups in total. The van der Waals surface area contributed by atoms with Crippen LogP contribution in [0.2, 0.25) is 0 Å². The van der Waals surface area contributed by atoms with Crippen molar-refractivity contribution in [2.45, 2.75) is 25.4 Å². The van der Waals surface area contributed by atoms with Gasteiger partial charge in [0.2, 0.25) is 0 Å². The van der Waals surface area contributed by atoms with Gasteiger partial charge in [0.15, 0.2) is 5.82 Å². The minimum atomic E-state index is -0.533. The van der Waals surface area contributed by atoms with Crippen molar-refractivity contribution in [1.29, 1.82) is 0 Å². The summed E-state index contributed by atoms with van der Waals surface area (Å²) in [5, 5.41) is 20.6. The summed E-state index contributed by atoms with van der Waals surface area (Å²) < 4.78 is 0. The molecule has 4 heteroatoms. The molecule has 3 rings (SSSR count). The first kappa shape index (κ1) is 11.4. The molecule has 2 aromatic rings. The number of aliphatic hydroxyl groups is 1. The Kier molecular flexibility index (Phi) is 2.67. The van der Waals surface area contributed by atoms with Gasteiger partial charge in [-0.15, -0.1) is 5.10 Å². The molecule has 2 heterocycles. The Bertz CT molecular complexity index is 552. The maximum absolute atomic E-state index is 9.99. The molecular weight excluding hydrogens is 226 g/mol. The maximum Gasteiger partial charge on any atom is 0.159 e. The number of anilines is 1. The lowest BCUT2D eigenvalue weighted by atomic mass is 9.94. The van der Waals surface area contributed by atoms with E-state index in [0.29, 0.717) is 0 Å². The fourth-order valence-electron chi connectivity index (χ4n) is 2.45. The molecule has 1 aromatic carbocycles. The molecule has 1 aliphatic rings. The van der Waals surface area contributed by atoms with Crippen molar-refractivity contribution in [3.05, 3.63) is 30.5 Å². The van der Waals surface area contributed by atoms with Gasteiger partial charge in [0.25, 0.3) is 0 Å². The summed E-state index contributed by atoms with van der Waals surface area (Å²) in [5.74, 6) is 0.934. The van der Waals surface area contributed by atoms with E-state index in [-0.39, 0.29) is 0 Å². The van der Waals surface area contributed by atoms with E-state index >= 15 is 0 Å². The van der Waals surface area contributed by atoms with E-state index in [0.717, 1.165) is 42.5 Å². The number of aromatic nitrogens is 2. The molecule has 0 saturated carbocycles. The van der Waals surface area contributed by atoms with Crippen LogP contribution in [0.3, 0.4) is 0 Å². The molecular formula is C14H17N3O. The smallest absolute Gasteiger partial charge is 0.159 e. The molecule has 1 saturated heterocycles. The van der Waals surface area contributed by atoms with Crippen LogP contribution in [0.5, 0.6) is 0 Å². The molecule has 0 atom stereocenters. The molecule has 0 radical (unpaired) electrons. The van der Waals surface area contributed by atoms with Crippen LogP contribution in [-0.4, -0.2) is 34.0 Å². The number of hydrogen-bond acceptors (Lipinski definition) is 4. The largest absolute Gasteiger partial charge is 0.390 e. The molecule has 0 unspecified atom stereocenters. The summed E-state index contributed by atoms with van der Waals surface area (Å²) in [7, 11) is 0. The predicted molar refractivity (Wildman–Crippen MR) is 71.6 cm³/mol. The fourth-order valence-corrected chi connectivity index (χ4v) is 2.45. The first-order valence-corrected chi connectivity index (χ1v) is 6.33. The van der Waals surface area contributed by atoms with Gasteiger partial charge < -0.3 is 10.0 Å². The van der Waals surface area contributed by atoms with Gasteiger partial charge in [0, 0.05) is 23.9 Å². The van der Waals surface area contributed by atoms with Crippen LogP contribution in [0.15, 0.2) is 30.5 Å². The molecule has 1 fully saturated rings. The predicted octanol–water partition coefficient (Wildman–Crippen LogP) is 1.98. The lowest BCUT2D eigenvalue weighted by molar-refractivity contribution is 0.0350. The van der Waals surface area contributed by atoms with Gasteiger partial charge in [-0.2, -0.15) is 5.10 Å². The minimum absolute atomic E-state index is 0.533. The van der Waals surface area contributed by atoms with Crippen LogP contribution < -0.4 is 4.90 Å². The Morgan fingerprint density at radius 3 is 2.72 bits per heavy atom. The summed E-state index contributed by atoms with van der Waals surface area (Å²) in [6, 6.07) is 8.15. The number of benzene rings is 1. The Hall–Kier alpha value is -1.68. The van der Waals surface area contributed by atoms with Crippen molar-refractivity contribution in [2.24, 2.45) is 0 Å². The normalized spacial score (nSPS) is 19.1. The van der Waals surface area contributed by atoms with Gasteiger partial charge in [-0.1, -0.05) is 24.3 Å². The SMILES string of the molecule is CC1(O)CCN(c2nncc3ccccc23)CC1. The number of rotatable bonds is 1. The zero-order valence-corrected chi connectivity index (χ0v) is 10.5. The maximum atomic E-state index is 9.99. The van der Waals surface area contributed by atoms with Crippen LogP contribution in [0.1, 0.15) is 19.8 Å². The zero-order chi connectivity index (χ0) is 12.6. The number of nitrogens with zero attached hydrogens (tertiary/aromatic N) is 3. The van der Waals surface area contributed by atoms with E-state index in [1.165, 1.54) is 0 Å². The lowest BCUT2D eigenvalue weighted by Crippen LogP contribution is -2.42. The highest BCUT2D eigenvalue weighted by Crippen LogP contribution is 2.28. The first-order valence-electron chi connectivity index (χ1n) is 6.33. The van der Waals surface area contributed by atoms with E-state index in [1.54, 1.807) is 6.20 Å². The molecule has 0 amide bonds. The average Bonchev–Trinajstić information content (AvgIpc) is 2.38. The third-order valence-corrected chi connectivity index (χ3v) is 3.69. The van der Waals surface area contributed by atoms with E-state index in [1.807, 2.05) is 25.1 Å².